The number of nitrogens with zero attached hydrogens (tertiary/aromatic N) is 5. The molecular formula is C34H39FN5O8S-. The summed E-state index contributed by atoms with van der Waals surface area (Å²) in [4.78, 5) is 19.3. The molecule has 0 aliphatic carbocycles. The van der Waals surface area contributed by atoms with Gasteiger partial charge in [-0.2, -0.15) is 5.10 Å². The first-order valence-electron chi connectivity index (χ1n) is 16.1. The van der Waals surface area contributed by atoms with E-state index in [4.69, 9.17) is 28.7 Å². The lowest BCUT2D eigenvalue weighted by Crippen LogP contribution is -2.49. The van der Waals surface area contributed by atoms with Gasteiger partial charge in [0, 0.05) is 30.8 Å². The Morgan fingerprint density at radius 3 is 2.61 bits per heavy atom. The second-order valence-corrected chi connectivity index (χ2v) is 13.6. The van der Waals surface area contributed by atoms with E-state index in [1.54, 1.807) is 46.1 Å². The van der Waals surface area contributed by atoms with Crippen LogP contribution in [-0.2, 0) is 25.5 Å². The molecule has 0 radical (unpaired) electrons. The predicted octanol–water partition coefficient (Wildman–Crippen LogP) is 5.89. The molecule has 15 heteroatoms. The van der Waals surface area contributed by atoms with Crippen molar-refractivity contribution in [1.29, 1.82) is 0 Å². The molecule has 2 aliphatic rings. The van der Waals surface area contributed by atoms with Crippen LogP contribution in [0.15, 0.2) is 54.7 Å². The third kappa shape index (κ3) is 7.96. The molecule has 262 valence electrons. The van der Waals surface area contributed by atoms with Crippen molar-refractivity contribution in [3.63, 3.8) is 0 Å². The molecule has 2 aliphatic heterocycles. The van der Waals surface area contributed by atoms with Gasteiger partial charge in [-0.1, -0.05) is 12.1 Å². The SMILES string of the molecule is COc1ccc(F)c(N(c2ccc(-c3cc(OCC4CN(C(=O)OC(C)(C)C)CCO4)c4cnn(C5CCCCO5)c4n3)cc2)S(=O)[O-])c1. The minimum atomic E-state index is -2.83. The van der Waals surface area contributed by atoms with Gasteiger partial charge in [-0.15, -0.1) is 0 Å². The van der Waals surface area contributed by atoms with Crippen molar-refractivity contribution in [3.8, 4) is 22.8 Å². The summed E-state index contributed by atoms with van der Waals surface area (Å²) in [6, 6.07) is 12.2. The first kappa shape index (κ1) is 34.5. The van der Waals surface area contributed by atoms with Gasteiger partial charge in [0.2, 0.25) is 0 Å². The van der Waals surface area contributed by atoms with Crippen molar-refractivity contribution in [2.45, 2.75) is 58.0 Å². The van der Waals surface area contributed by atoms with E-state index < -0.39 is 34.9 Å². The Bertz CT molecular complexity index is 1810. The van der Waals surface area contributed by atoms with Gasteiger partial charge in [-0.05, 0) is 64.3 Å². The van der Waals surface area contributed by atoms with Crippen LogP contribution < -0.4 is 13.8 Å². The molecule has 4 heterocycles. The van der Waals surface area contributed by atoms with Gasteiger partial charge in [0.15, 0.2) is 11.9 Å². The number of pyridine rings is 1. The summed E-state index contributed by atoms with van der Waals surface area (Å²) in [5.74, 6) is 0.0884. The number of aromatic nitrogens is 3. The summed E-state index contributed by atoms with van der Waals surface area (Å²) < 4.78 is 71.0. The number of amides is 1. The number of benzene rings is 2. The van der Waals surface area contributed by atoms with Crippen molar-refractivity contribution in [3.05, 3.63) is 60.5 Å². The first-order chi connectivity index (χ1) is 23.5. The number of methoxy groups -OCH3 is 1. The number of halogens is 1. The molecule has 3 atom stereocenters. The van der Waals surface area contributed by atoms with Crippen LogP contribution in [0.4, 0.5) is 20.6 Å². The van der Waals surface area contributed by atoms with Crippen LogP contribution in [0.2, 0.25) is 0 Å². The highest BCUT2D eigenvalue weighted by atomic mass is 32.2. The number of anilines is 2. The topological polar surface area (TPSA) is 141 Å². The Hall–Kier alpha value is -4.31. The van der Waals surface area contributed by atoms with Crippen LogP contribution in [0, 0.1) is 5.82 Å². The highest BCUT2D eigenvalue weighted by Crippen LogP contribution is 2.36. The lowest BCUT2D eigenvalue weighted by Gasteiger charge is -2.34. The van der Waals surface area contributed by atoms with Crippen molar-refractivity contribution in [1.82, 2.24) is 19.7 Å². The smallest absolute Gasteiger partial charge is 0.410 e. The first-order valence-corrected chi connectivity index (χ1v) is 17.1. The van der Waals surface area contributed by atoms with Crippen LogP contribution in [0.1, 0.15) is 46.3 Å². The van der Waals surface area contributed by atoms with Crippen LogP contribution in [-0.4, -0.2) is 86.2 Å². The number of carbonyl (C=O) groups is 1. The molecular weight excluding hydrogens is 657 g/mol. The summed E-state index contributed by atoms with van der Waals surface area (Å²) in [5, 5.41) is 5.30. The standard InChI is InChI=1S/C34H40FN5O8S/c1-34(2,3)48-33(41)38-14-16-45-25(20-38)21-47-30-18-28(37-32-26(30)19-36-39(32)31-7-5-6-15-46-31)22-8-10-23(11-9-22)40(49(42)43)29-17-24(44-4)12-13-27(29)35/h8-13,17-19,25,31H,5-7,14-16,20-21H2,1-4H3,(H,42,43)/p-1. The monoisotopic (exact) mass is 696 g/mol. The molecule has 3 unspecified atom stereocenters. The second-order valence-electron chi connectivity index (χ2n) is 12.8. The number of carbonyl (C=O) groups excluding carboxylic acids is 1. The molecule has 0 spiro atoms. The number of hydrogen-bond donors (Lipinski definition) is 0. The molecule has 2 aromatic carbocycles. The summed E-state index contributed by atoms with van der Waals surface area (Å²) in [7, 11) is 1.42. The quantitative estimate of drug-likeness (QED) is 0.195. The molecule has 1 amide bonds. The number of fused-ring (bicyclic) bond motifs is 1. The average Bonchev–Trinajstić information content (AvgIpc) is 3.52. The number of rotatable bonds is 9. The normalized spacial score (nSPS) is 19.0. The third-order valence-corrected chi connectivity index (χ3v) is 8.80. The van der Waals surface area contributed by atoms with Gasteiger partial charge in [0.1, 0.15) is 35.6 Å². The molecule has 0 saturated carbocycles. The fourth-order valence-corrected chi connectivity index (χ4v) is 6.32. The average molecular weight is 697 g/mol. The summed E-state index contributed by atoms with van der Waals surface area (Å²) >= 11 is -2.83. The molecule has 49 heavy (non-hydrogen) atoms. The summed E-state index contributed by atoms with van der Waals surface area (Å²) in [6.45, 7) is 7.31. The molecule has 4 aromatic rings. The van der Waals surface area contributed by atoms with E-state index in [2.05, 4.69) is 5.10 Å². The van der Waals surface area contributed by atoms with Crippen LogP contribution in [0.3, 0.4) is 0 Å². The van der Waals surface area contributed by atoms with E-state index in [1.807, 2.05) is 20.8 Å². The Kier molecular flexibility index (Phi) is 10.3. The Morgan fingerprint density at radius 1 is 1.12 bits per heavy atom. The van der Waals surface area contributed by atoms with Gasteiger partial charge in [-0.25, -0.2) is 18.9 Å². The molecule has 0 N–H and O–H groups in total. The van der Waals surface area contributed by atoms with E-state index in [0.29, 0.717) is 60.1 Å². The lowest BCUT2D eigenvalue weighted by atomic mass is 10.1. The highest BCUT2D eigenvalue weighted by molar-refractivity contribution is 7.81. The maximum Gasteiger partial charge on any atom is 0.410 e. The second kappa shape index (κ2) is 14.7. The van der Waals surface area contributed by atoms with Crippen LogP contribution in [0.25, 0.3) is 22.3 Å². The van der Waals surface area contributed by atoms with Crippen LogP contribution in [0.5, 0.6) is 11.5 Å². The van der Waals surface area contributed by atoms with Crippen molar-refractivity contribution in [2.75, 3.05) is 44.3 Å². The number of hydrogen-bond acceptors (Lipinski definition) is 10. The van der Waals surface area contributed by atoms with Gasteiger partial charge in [-0.3, -0.25) is 8.51 Å². The fourth-order valence-electron chi connectivity index (χ4n) is 5.73. The number of morpholine rings is 1. The molecule has 2 fully saturated rings. The minimum absolute atomic E-state index is 0.151. The van der Waals surface area contributed by atoms with Crippen molar-refractivity contribution < 1.29 is 41.6 Å². The van der Waals surface area contributed by atoms with Gasteiger partial charge in [0.05, 0.1) is 60.2 Å². The van der Waals surface area contributed by atoms with Crippen LogP contribution >= 0.6 is 0 Å². The largest absolute Gasteiger partial charge is 0.755 e. The Balaban J connectivity index is 1.30. The van der Waals surface area contributed by atoms with E-state index in [9.17, 15) is 17.9 Å². The maximum absolute atomic E-state index is 14.8. The van der Waals surface area contributed by atoms with E-state index >= 15 is 0 Å². The van der Waals surface area contributed by atoms with Gasteiger partial charge >= 0.3 is 6.09 Å². The fraction of sp³-hybridized carbons (Fsp3) is 0.441. The lowest BCUT2D eigenvalue weighted by molar-refractivity contribution is -0.0555. The zero-order chi connectivity index (χ0) is 34.7. The molecule has 2 aromatic heterocycles. The highest BCUT2D eigenvalue weighted by Gasteiger charge is 2.29. The molecule has 2 saturated heterocycles. The van der Waals surface area contributed by atoms with Gasteiger partial charge in [0.25, 0.3) is 0 Å². The summed E-state index contributed by atoms with van der Waals surface area (Å²) in [5.41, 5.74) is 1.17. The van der Waals surface area contributed by atoms with Gasteiger partial charge < -0.3 is 33.1 Å². The van der Waals surface area contributed by atoms with Crippen molar-refractivity contribution in [2.24, 2.45) is 0 Å². The zero-order valence-corrected chi connectivity index (χ0v) is 28.6. The predicted molar refractivity (Wildman–Crippen MR) is 179 cm³/mol. The number of ether oxygens (including phenoxy) is 5. The van der Waals surface area contributed by atoms with E-state index in [-0.39, 0.29) is 24.2 Å². The third-order valence-electron chi connectivity index (χ3n) is 8.09. The van der Waals surface area contributed by atoms with E-state index in [1.165, 1.54) is 19.2 Å². The Labute approximate surface area is 286 Å². The van der Waals surface area contributed by atoms with E-state index in [0.717, 1.165) is 29.6 Å². The summed E-state index contributed by atoms with van der Waals surface area (Å²) in [6.07, 6.45) is 3.36. The zero-order valence-electron chi connectivity index (χ0n) is 27.8. The molecule has 6 rings (SSSR count). The maximum atomic E-state index is 14.8. The van der Waals surface area contributed by atoms with Crippen molar-refractivity contribution >= 4 is 39.8 Å². The Morgan fingerprint density at radius 2 is 1.92 bits per heavy atom. The minimum Gasteiger partial charge on any atom is -0.755 e. The molecule has 0 bridgehead atoms. The molecule has 13 nitrogen and oxygen atoms in total.